The van der Waals surface area contributed by atoms with E-state index in [1.807, 2.05) is 24.3 Å². The Kier molecular flexibility index (Phi) is 4.60. The molecule has 0 saturated carbocycles. The fourth-order valence-corrected chi connectivity index (χ4v) is 1.90. The van der Waals surface area contributed by atoms with E-state index in [9.17, 15) is 4.79 Å². The standard InChI is InChI=1S/C14H14ClNO3/c15-12-3-1-10(2-4-12)5-7-16-9-11-6-8-19-13(11)14(17)18/h1-4,6,8,16H,5,7,9H2,(H,17,18). The van der Waals surface area contributed by atoms with Crippen molar-refractivity contribution in [3.8, 4) is 0 Å². The van der Waals surface area contributed by atoms with Crippen LogP contribution in [-0.4, -0.2) is 17.6 Å². The van der Waals surface area contributed by atoms with Gasteiger partial charge in [-0.25, -0.2) is 4.79 Å². The van der Waals surface area contributed by atoms with Crippen LogP contribution >= 0.6 is 11.6 Å². The highest BCUT2D eigenvalue weighted by Crippen LogP contribution is 2.11. The Hall–Kier alpha value is -1.78. The molecule has 0 amide bonds. The average molecular weight is 280 g/mol. The summed E-state index contributed by atoms with van der Waals surface area (Å²) < 4.78 is 4.90. The lowest BCUT2D eigenvalue weighted by Gasteiger charge is -2.04. The Morgan fingerprint density at radius 2 is 2.00 bits per heavy atom. The lowest BCUT2D eigenvalue weighted by molar-refractivity contribution is 0.0660. The van der Waals surface area contributed by atoms with Crippen molar-refractivity contribution in [1.82, 2.24) is 5.32 Å². The fourth-order valence-electron chi connectivity index (χ4n) is 1.77. The molecule has 2 aromatic rings. The van der Waals surface area contributed by atoms with Gasteiger partial charge in [-0.1, -0.05) is 23.7 Å². The van der Waals surface area contributed by atoms with Crippen LogP contribution in [0.2, 0.25) is 5.02 Å². The molecule has 1 aromatic carbocycles. The number of aromatic carboxylic acids is 1. The summed E-state index contributed by atoms with van der Waals surface area (Å²) in [6.45, 7) is 1.23. The van der Waals surface area contributed by atoms with Crippen LogP contribution in [0.15, 0.2) is 41.0 Å². The van der Waals surface area contributed by atoms with Gasteiger partial charge in [-0.15, -0.1) is 0 Å². The van der Waals surface area contributed by atoms with E-state index in [0.29, 0.717) is 12.1 Å². The smallest absolute Gasteiger partial charge is 0.372 e. The van der Waals surface area contributed by atoms with Crippen molar-refractivity contribution in [3.05, 3.63) is 58.5 Å². The molecule has 1 aromatic heterocycles. The maximum absolute atomic E-state index is 10.8. The molecule has 0 unspecified atom stereocenters. The SMILES string of the molecule is O=C(O)c1occc1CNCCc1ccc(Cl)cc1. The summed E-state index contributed by atoms with van der Waals surface area (Å²) in [5.74, 6) is -1.04. The first-order valence-electron chi connectivity index (χ1n) is 5.91. The number of halogens is 1. The molecule has 4 nitrogen and oxygen atoms in total. The summed E-state index contributed by atoms with van der Waals surface area (Å²) in [7, 11) is 0. The minimum Gasteiger partial charge on any atom is -0.475 e. The third kappa shape index (κ3) is 3.84. The Morgan fingerprint density at radius 3 is 2.68 bits per heavy atom. The molecular formula is C14H14ClNO3. The molecular weight excluding hydrogens is 266 g/mol. The second-order valence-electron chi connectivity index (χ2n) is 4.13. The topological polar surface area (TPSA) is 62.5 Å². The van der Waals surface area contributed by atoms with Crippen molar-refractivity contribution in [2.24, 2.45) is 0 Å². The van der Waals surface area contributed by atoms with Crippen molar-refractivity contribution in [3.63, 3.8) is 0 Å². The van der Waals surface area contributed by atoms with E-state index in [1.165, 1.54) is 11.8 Å². The second-order valence-corrected chi connectivity index (χ2v) is 4.57. The van der Waals surface area contributed by atoms with E-state index in [4.69, 9.17) is 21.1 Å². The molecule has 0 aliphatic carbocycles. The number of carbonyl (C=O) groups is 1. The van der Waals surface area contributed by atoms with Gasteiger partial charge >= 0.3 is 5.97 Å². The van der Waals surface area contributed by atoms with E-state index in [1.54, 1.807) is 6.07 Å². The van der Waals surface area contributed by atoms with Crippen LogP contribution in [0.25, 0.3) is 0 Å². The molecule has 5 heteroatoms. The second kappa shape index (κ2) is 6.41. The van der Waals surface area contributed by atoms with Gasteiger partial charge in [0.15, 0.2) is 0 Å². The average Bonchev–Trinajstić information content (AvgIpc) is 2.85. The molecule has 0 aliphatic rings. The van der Waals surface area contributed by atoms with Crippen LogP contribution in [0, 0.1) is 0 Å². The molecule has 0 aliphatic heterocycles. The molecule has 0 fully saturated rings. The fraction of sp³-hybridized carbons (Fsp3) is 0.214. The highest BCUT2D eigenvalue weighted by molar-refractivity contribution is 6.30. The molecule has 0 spiro atoms. The van der Waals surface area contributed by atoms with Gasteiger partial charge in [0.2, 0.25) is 5.76 Å². The molecule has 1 heterocycles. The lowest BCUT2D eigenvalue weighted by Crippen LogP contribution is -2.17. The normalized spacial score (nSPS) is 10.6. The van der Waals surface area contributed by atoms with Crippen LogP contribution < -0.4 is 5.32 Å². The highest BCUT2D eigenvalue weighted by atomic mass is 35.5. The van der Waals surface area contributed by atoms with Gasteiger partial charge in [0.1, 0.15) is 0 Å². The zero-order valence-corrected chi connectivity index (χ0v) is 11.0. The van der Waals surface area contributed by atoms with Gasteiger partial charge in [0, 0.05) is 17.1 Å². The summed E-state index contributed by atoms with van der Waals surface area (Å²) in [4.78, 5) is 10.8. The van der Waals surface area contributed by atoms with Crippen LogP contribution in [0.5, 0.6) is 0 Å². The number of furan rings is 1. The maximum atomic E-state index is 10.8. The number of rotatable bonds is 6. The third-order valence-corrected chi connectivity index (χ3v) is 3.01. The zero-order valence-electron chi connectivity index (χ0n) is 10.2. The van der Waals surface area contributed by atoms with Crippen molar-refractivity contribution in [1.29, 1.82) is 0 Å². The zero-order chi connectivity index (χ0) is 13.7. The number of benzene rings is 1. The van der Waals surface area contributed by atoms with E-state index in [-0.39, 0.29) is 5.76 Å². The summed E-state index contributed by atoms with van der Waals surface area (Å²) in [6, 6.07) is 9.33. The van der Waals surface area contributed by atoms with Gasteiger partial charge < -0.3 is 14.8 Å². The number of hydrogen-bond acceptors (Lipinski definition) is 3. The summed E-state index contributed by atoms with van der Waals surface area (Å²) >= 11 is 5.81. The number of carboxylic acids is 1. The van der Waals surface area contributed by atoms with Gasteiger partial charge in [-0.05, 0) is 36.7 Å². The number of hydrogen-bond donors (Lipinski definition) is 2. The maximum Gasteiger partial charge on any atom is 0.372 e. The van der Waals surface area contributed by atoms with Gasteiger partial charge in [-0.3, -0.25) is 0 Å². The molecule has 0 atom stereocenters. The predicted octanol–water partition coefficient (Wildman–Crippen LogP) is 2.96. The van der Waals surface area contributed by atoms with Crippen LogP contribution in [-0.2, 0) is 13.0 Å². The molecule has 0 bridgehead atoms. The van der Waals surface area contributed by atoms with Gasteiger partial charge in [0.25, 0.3) is 0 Å². The van der Waals surface area contributed by atoms with E-state index < -0.39 is 5.97 Å². The Morgan fingerprint density at radius 1 is 1.26 bits per heavy atom. The van der Waals surface area contributed by atoms with Crippen molar-refractivity contribution >= 4 is 17.6 Å². The molecule has 100 valence electrons. The van der Waals surface area contributed by atoms with Crippen molar-refractivity contribution in [2.45, 2.75) is 13.0 Å². The first-order valence-corrected chi connectivity index (χ1v) is 6.29. The number of nitrogens with one attached hydrogen (secondary N) is 1. The summed E-state index contributed by atoms with van der Waals surface area (Å²) in [5, 5.41) is 12.8. The van der Waals surface area contributed by atoms with Crippen molar-refractivity contribution < 1.29 is 14.3 Å². The first kappa shape index (κ1) is 13.6. The van der Waals surface area contributed by atoms with E-state index in [0.717, 1.165) is 18.0 Å². The van der Waals surface area contributed by atoms with Crippen LogP contribution in [0.3, 0.4) is 0 Å². The van der Waals surface area contributed by atoms with Gasteiger partial charge in [-0.2, -0.15) is 0 Å². The summed E-state index contributed by atoms with van der Waals surface area (Å²) in [5.41, 5.74) is 1.84. The molecule has 0 saturated heterocycles. The predicted molar refractivity (Wildman–Crippen MR) is 72.5 cm³/mol. The third-order valence-electron chi connectivity index (χ3n) is 2.76. The minimum absolute atomic E-state index is 0.000932. The van der Waals surface area contributed by atoms with Gasteiger partial charge in [0.05, 0.1) is 6.26 Å². The van der Waals surface area contributed by atoms with Crippen LogP contribution in [0.4, 0.5) is 0 Å². The monoisotopic (exact) mass is 279 g/mol. The minimum atomic E-state index is -1.04. The highest BCUT2D eigenvalue weighted by Gasteiger charge is 2.12. The Bertz CT molecular complexity index is 548. The Labute approximate surface area is 116 Å². The quantitative estimate of drug-likeness (QED) is 0.798. The summed E-state index contributed by atoms with van der Waals surface area (Å²) in [6.07, 6.45) is 2.25. The first-order chi connectivity index (χ1) is 9.16. The molecule has 0 radical (unpaired) electrons. The number of carboxylic acid groups (broad SMARTS) is 1. The lowest BCUT2D eigenvalue weighted by atomic mass is 10.1. The van der Waals surface area contributed by atoms with E-state index in [2.05, 4.69) is 5.32 Å². The van der Waals surface area contributed by atoms with Crippen LogP contribution in [0.1, 0.15) is 21.7 Å². The van der Waals surface area contributed by atoms with Crippen molar-refractivity contribution in [2.75, 3.05) is 6.54 Å². The Balaban J connectivity index is 1.79. The molecule has 2 rings (SSSR count). The molecule has 19 heavy (non-hydrogen) atoms. The van der Waals surface area contributed by atoms with E-state index >= 15 is 0 Å². The molecule has 2 N–H and O–H groups in total. The largest absolute Gasteiger partial charge is 0.475 e.